The molecule has 8 heteroatoms. The Morgan fingerprint density at radius 2 is 1.57 bits per heavy atom. The largest absolute Gasteiger partial charge is 0.494 e. The number of amides is 1. The molecule has 1 unspecified atom stereocenters. The number of hydrogen-bond donors (Lipinski definition) is 1. The van der Waals surface area contributed by atoms with Crippen LogP contribution < -0.4 is 10.1 Å². The van der Waals surface area contributed by atoms with Gasteiger partial charge < -0.3 is 14.8 Å². The van der Waals surface area contributed by atoms with Crippen LogP contribution in [0.4, 0.5) is 13.2 Å². The molecule has 1 amide bonds. The average Bonchev–Trinajstić information content (AvgIpc) is 2.88. The minimum absolute atomic E-state index is 0.139. The summed E-state index contributed by atoms with van der Waals surface area (Å²) in [6, 6.07) is 16.5. The van der Waals surface area contributed by atoms with E-state index >= 15 is 0 Å². The van der Waals surface area contributed by atoms with Gasteiger partial charge in [0.1, 0.15) is 5.75 Å². The normalized spacial score (nSPS) is 12.1. The average molecular weight is 556 g/mol. The maximum absolute atomic E-state index is 12.9. The SMILES string of the molecule is CCOC(=O)CCNC(=O)c1ccc(CC(C)CCOc2cc(C)c(-c3ccc(C(F)(F)F)cc3)c(C)c2)cc1. The van der Waals surface area contributed by atoms with Crippen molar-refractivity contribution < 1.29 is 32.2 Å². The van der Waals surface area contributed by atoms with Crippen LogP contribution in [0.25, 0.3) is 11.1 Å². The Hall–Kier alpha value is -3.81. The molecule has 0 bridgehead atoms. The molecule has 0 saturated carbocycles. The number of nitrogens with one attached hydrogen (secondary N) is 1. The molecule has 1 N–H and O–H groups in total. The summed E-state index contributed by atoms with van der Waals surface area (Å²) < 4.78 is 49.6. The quantitative estimate of drug-likeness (QED) is 0.238. The zero-order valence-corrected chi connectivity index (χ0v) is 23.4. The Morgan fingerprint density at radius 1 is 0.950 bits per heavy atom. The Kier molecular flexibility index (Phi) is 10.8. The van der Waals surface area contributed by atoms with Crippen molar-refractivity contribution in [2.75, 3.05) is 19.8 Å². The zero-order chi connectivity index (χ0) is 29.3. The molecule has 3 rings (SSSR count). The van der Waals surface area contributed by atoms with Gasteiger partial charge in [0, 0.05) is 12.1 Å². The first kappa shape index (κ1) is 30.7. The number of aryl methyl sites for hydroxylation is 2. The number of alkyl halides is 3. The van der Waals surface area contributed by atoms with Crippen molar-refractivity contribution in [2.45, 2.75) is 53.1 Å². The molecule has 3 aromatic carbocycles. The van der Waals surface area contributed by atoms with Crippen molar-refractivity contribution in [1.29, 1.82) is 0 Å². The fourth-order valence-corrected chi connectivity index (χ4v) is 4.58. The Balaban J connectivity index is 1.48. The van der Waals surface area contributed by atoms with Crippen LogP contribution in [-0.2, 0) is 22.1 Å². The molecular weight excluding hydrogens is 519 g/mol. The van der Waals surface area contributed by atoms with Crippen molar-refractivity contribution in [3.63, 3.8) is 0 Å². The molecule has 0 saturated heterocycles. The second kappa shape index (κ2) is 14.0. The molecule has 0 aliphatic carbocycles. The minimum Gasteiger partial charge on any atom is -0.494 e. The molecular formula is C32H36F3NO4. The van der Waals surface area contributed by atoms with E-state index in [1.165, 1.54) is 12.1 Å². The van der Waals surface area contributed by atoms with E-state index in [9.17, 15) is 22.8 Å². The fraction of sp³-hybridized carbons (Fsp3) is 0.375. The molecule has 0 heterocycles. The molecule has 40 heavy (non-hydrogen) atoms. The minimum atomic E-state index is -4.36. The highest BCUT2D eigenvalue weighted by molar-refractivity contribution is 5.94. The van der Waals surface area contributed by atoms with E-state index in [-0.39, 0.29) is 24.8 Å². The lowest BCUT2D eigenvalue weighted by molar-refractivity contribution is -0.143. The summed E-state index contributed by atoms with van der Waals surface area (Å²) in [5.74, 6) is 0.512. The molecule has 3 aromatic rings. The fourth-order valence-electron chi connectivity index (χ4n) is 4.58. The summed E-state index contributed by atoms with van der Waals surface area (Å²) in [4.78, 5) is 23.7. The highest BCUT2D eigenvalue weighted by Crippen LogP contribution is 2.34. The monoisotopic (exact) mass is 555 g/mol. The predicted octanol–water partition coefficient (Wildman–Crippen LogP) is 7.32. The summed E-state index contributed by atoms with van der Waals surface area (Å²) >= 11 is 0. The van der Waals surface area contributed by atoms with Crippen molar-refractivity contribution in [3.8, 4) is 16.9 Å². The number of carbonyl (C=O) groups is 2. The summed E-state index contributed by atoms with van der Waals surface area (Å²) in [6.45, 7) is 8.82. The lowest BCUT2D eigenvalue weighted by Crippen LogP contribution is -2.26. The van der Waals surface area contributed by atoms with Gasteiger partial charge >= 0.3 is 12.1 Å². The summed E-state index contributed by atoms with van der Waals surface area (Å²) in [6.07, 6.45) is -2.56. The lowest BCUT2D eigenvalue weighted by Gasteiger charge is -2.16. The van der Waals surface area contributed by atoms with E-state index in [2.05, 4.69) is 12.2 Å². The van der Waals surface area contributed by atoms with Gasteiger partial charge in [-0.1, -0.05) is 31.2 Å². The van der Waals surface area contributed by atoms with E-state index in [1.54, 1.807) is 19.1 Å². The Morgan fingerprint density at radius 3 is 2.15 bits per heavy atom. The zero-order valence-electron chi connectivity index (χ0n) is 23.4. The maximum Gasteiger partial charge on any atom is 0.416 e. The third kappa shape index (κ3) is 8.86. The first-order valence-corrected chi connectivity index (χ1v) is 13.4. The smallest absolute Gasteiger partial charge is 0.416 e. The van der Waals surface area contributed by atoms with Gasteiger partial charge in [0.15, 0.2) is 0 Å². The number of carbonyl (C=O) groups excluding carboxylic acids is 2. The highest BCUT2D eigenvalue weighted by Gasteiger charge is 2.30. The molecule has 0 spiro atoms. The molecule has 1 atom stereocenters. The third-order valence-electron chi connectivity index (χ3n) is 6.61. The van der Waals surface area contributed by atoms with Gasteiger partial charge in [-0.25, -0.2) is 0 Å². The predicted molar refractivity (Wildman–Crippen MR) is 149 cm³/mol. The van der Waals surface area contributed by atoms with Gasteiger partial charge in [0.05, 0.1) is 25.2 Å². The van der Waals surface area contributed by atoms with Crippen LogP contribution in [0, 0.1) is 19.8 Å². The van der Waals surface area contributed by atoms with Gasteiger partial charge in [-0.3, -0.25) is 9.59 Å². The van der Waals surface area contributed by atoms with Gasteiger partial charge in [-0.05, 0) is 104 Å². The van der Waals surface area contributed by atoms with E-state index < -0.39 is 11.7 Å². The van der Waals surface area contributed by atoms with Crippen molar-refractivity contribution in [1.82, 2.24) is 5.32 Å². The van der Waals surface area contributed by atoms with Crippen LogP contribution in [0.15, 0.2) is 60.7 Å². The molecule has 214 valence electrons. The van der Waals surface area contributed by atoms with Crippen LogP contribution in [-0.4, -0.2) is 31.6 Å². The van der Waals surface area contributed by atoms with E-state index in [1.807, 2.05) is 38.1 Å². The standard InChI is InChI=1S/C32H36F3NO4/c1-5-39-29(37)14-16-36-31(38)26-8-6-24(7-9-26)18-21(2)15-17-40-28-19-22(3)30(23(4)20-28)25-10-12-27(13-11-25)32(33,34)35/h6-13,19-21H,5,14-18H2,1-4H3,(H,36,38). The summed E-state index contributed by atoms with van der Waals surface area (Å²) in [5.41, 5.74) is 4.51. The van der Waals surface area contributed by atoms with Gasteiger partial charge in [-0.2, -0.15) is 13.2 Å². The number of esters is 1. The van der Waals surface area contributed by atoms with Crippen molar-refractivity contribution >= 4 is 11.9 Å². The maximum atomic E-state index is 12.9. The second-order valence-corrected chi connectivity index (χ2v) is 9.96. The van der Waals surface area contributed by atoms with Crippen LogP contribution >= 0.6 is 0 Å². The number of halogens is 3. The molecule has 0 radical (unpaired) electrons. The first-order chi connectivity index (χ1) is 19.0. The summed E-state index contributed by atoms with van der Waals surface area (Å²) in [7, 11) is 0. The number of ether oxygens (including phenoxy) is 2. The van der Waals surface area contributed by atoms with E-state index in [4.69, 9.17) is 9.47 Å². The molecule has 5 nitrogen and oxygen atoms in total. The second-order valence-electron chi connectivity index (χ2n) is 9.96. The molecule has 0 aromatic heterocycles. The lowest BCUT2D eigenvalue weighted by atomic mass is 9.94. The van der Waals surface area contributed by atoms with Crippen molar-refractivity contribution in [3.05, 3.63) is 88.5 Å². The highest BCUT2D eigenvalue weighted by atomic mass is 19.4. The topological polar surface area (TPSA) is 64.6 Å². The first-order valence-electron chi connectivity index (χ1n) is 13.4. The molecule has 0 aliphatic rings. The van der Waals surface area contributed by atoms with Gasteiger partial charge in [-0.15, -0.1) is 0 Å². The van der Waals surface area contributed by atoms with Gasteiger partial charge in [0.25, 0.3) is 5.91 Å². The Labute approximate surface area is 233 Å². The third-order valence-corrected chi connectivity index (χ3v) is 6.61. The molecule has 0 fully saturated rings. The van der Waals surface area contributed by atoms with Crippen molar-refractivity contribution in [2.24, 2.45) is 5.92 Å². The number of benzene rings is 3. The van der Waals surface area contributed by atoms with Crippen LogP contribution in [0.3, 0.4) is 0 Å². The van der Waals surface area contributed by atoms with Crippen LogP contribution in [0.5, 0.6) is 5.75 Å². The molecule has 0 aliphatic heterocycles. The van der Waals surface area contributed by atoms with Gasteiger partial charge in [0.2, 0.25) is 0 Å². The number of hydrogen-bond acceptors (Lipinski definition) is 4. The van der Waals surface area contributed by atoms with Crippen LogP contribution in [0.2, 0.25) is 0 Å². The van der Waals surface area contributed by atoms with E-state index in [0.29, 0.717) is 24.7 Å². The Bertz CT molecular complexity index is 1260. The number of rotatable bonds is 12. The van der Waals surface area contributed by atoms with Crippen LogP contribution in [0.1, 0.15) is 59.3 Å². The summed E-state index contributed by atoms with van der Waals surface area (Å²) in [5, 5.41) is 2.72. The van der Waals surface area contributed by atoms with E-state index in [0.717, 1.165) is 58.5 Å².